The lowest BCUT2D eigenvalue weighted by molar-refractivity contribution is -0.116. The van der Waals surface area contributed by atoms with Crippen molar-refractivity contribution in [2.24, 2.45) is 0 Å². The van der Waals surface area contributed by atoms with Gasteiger partial charge in [0.2, 0.25) is 11.9 Å². The molecule has 0 unspecified atom stereocenters. The normalized spacial score (nSPS) is 11.2. The van der Waals surface area contributed by atoms with Crippen molar-refractivity contribution in [1.82, 2.24) is 9.55 Å². The van der Waals surface area contributed by atoms with Crippen LogP contribution in [0.25, 0.3) is 11.0 Å². The minimum Gasteiger partial charge on any atom is -0.369 e. The van der Waals surface area contributed by atoms with E-state index in [1.165, 1.54) is 63.4 Å². The summed E-state index contributed by atoms with van der Waals surface area (Å²) in [5.74, 6) is 0.605. The second-order valence-electron chi connectivity index (χ2n) is 9.75. The highest BCUT2D eigenvalue weighted by Gasteiger charge is 2.10. The van der Waals surface area contributed by atoms with Gasteiger partial charge in [0.05, 0.1) is 11.0 Å². The van der Waals surface area contributed by atoms with Crippen LogP contribution in [0.15, 0.2) is 48.5 Å². The molecule has 0 spiro atoms. The summed E-state index contributed by atoms with van der Waals surface area (Å²) in [6.07, 6.45) is 16.7. The Hall–Kier alpha value is -2.82. The summed E-state index contributed by atoms with van der Waals surface area (Å²) in [5.41, 5.74) is 10.2. The third-order valence-corrected chi connectivity index (χ3v) is 6.76. The minimum absolute atomic E-state index is 0.0792. The molecular weight excluding hydrogens is 432 g/mol. The lowest BCUT2D eigenvalue weighted by atomic mass is 10.1. The number of amides is 1. The average molecular weight is 477 g/mol. The molecule has 3 rings (SSSR count). The monoisotopic (exact) mass is 476 g/mol. The number of rotatable bonds is 17. The van der Waals surface area contributed by atoms with E-state index in [1.54, 1.807) is 0 Å². The van der Waals surface area contributed by atoms with Crippen LogP contribution >= 0.6 is 0 Å². The molecule has 190 valence electrons. The number of aromatic nitrogens is 2. The number of nitrogens with zero attached hydrogens (tertiary/aromatic N) is 2. The summed E-state index contributed by atoms with van der Waals surface area (Å²) in [6, 6.07) is 16.4. The molecule has 5 nitrogen and oxygen atoms in total. The Morgan fingerprint density at radius 3 is 2.20 bits per heavy atom. The minimum atomic E-state index is 0.0792. The molecule has 1 amide bonds. The van der Waals surface area contributed by atoms with Gasteiger partial charge in [-0.15, -0.1) is 0 Å². The maximum absolute atomic E-state index is 12.4. The molecule has 0 aliphatic rings. The number of carbonyl (C=O) groups excluding carboxylic acids is 1. The van der Waals surface area contributed by atoms with Crippen LogP contribution < -0.4 is 11.1 Å². The second kappa shape index (κ2) is 15.2. The summed E-state index contributed by atoms with van der Waals surface area (Å²) in [6.45, 7) is 3.08. The van der Waals surface area contributed by atoms with Crippen LogP contribution in [0.2, 0.25) is 0 Å². The van der Waals surface area contributed by atoms with Crippen LogP contribution in [0.3, 0.4) is 0 Å². The standard InChI is InChI=1S/C30H44N4O/c1-2-3-4-5-6-7-8-9-10-11-15-20-29(35)32-26-21-22-28-27(24-26)33-30(31)34(28)23-16-19-25-17-13-12-14-18-25/h12-14,17-18,21-22,24H,2-11,15-16,19-20,23H2,1H3,(H2,31,33)(H,32,35). The molecule has 0 saturated carbocycles. The number of nitrogen functional groups attached to an aromatic ring is 1. The van der Waals surface area contributed by atoms with E-state index in [2.05, 4.69) is 46.1 Å². The van der Waals surface area contributed by atoms with Gasteiger partial charge in [-0.25, -0.2) is 4.98 Å². The number of anilines is 2. The Balaban J connectivity index is 1.34. The van der Waals surface area contributed by atoms with Crippen molar-refractivity contribution in [3.8, 4) is 0 Å². The molecule has 3 aromatic rings. The topological polar surface area (TPSA) is 72.9 Å². The Kier molecular flexibility index (Phi) is 11.7. The van der Waals surface area contributed by atoms with Crippen molar-refractivity contribution in [1.29, 1.82) is 0 Å². The first kappa shape index (κ1) is 26.8. The van der Waals surface area contributed by atoms with Gasteiger partial charge in [0, 0.05) is 18.7 Å². The summed E-state index contributed by atoms with van der Waals surface area (Å²) >= 11 is 0. The molecule has 3 N–H and O–H groups in total. The number of nitrogens with two attached hydrogens (primary N) is 1. The zero-order valence-electron chi connectivity index (χ0n) is 21.6. The van der Waals surface area contributed by atoms with Crippen LogP contribution in [-0.4, -0.2) is 15.5 Å². The molecular formula is C30H44N4O. The van der Waals surface area contributed by atoms with Gasteiger partial charge in [-0.3, -0.25) is 4.79 Å². The number of aryl methyl sites for hydroxylation is 2. The van der Waals surface area contributed by atoms with E-state index in [0.29, 0.717) is 12.4 Å². The largest absolute Gasteiger partial charge is 0.369 e. The lowest BCUT2D eigenvalue weighted by Crippen LogP contribution is -2.11. The molecule has 5 heteroatoms. The fourth-order valence-corrected chi connectivity index (χ4v) is 4.72. The Morgan fingerprint density at radius 1 is 0.857 bits per heavy atom. The van der Waals surface area contributed by atoms with E-state index in [4.69, 9.17) is 5.73 Å². The molecule has 0 fully saturated rings. The van der Waals surface area contributed by atoms with Crippen LogP contribution in [-0.2, 0) is 17.8 Å². The predicted octanol–water partition coefficient (Wildman–Crippen LogP) is 7.89. The van der Waals surface area contributed by atoms with Crippen LogP contribution in [0.5, 0.6) is 0 Å². The number of unbranched alkanes of at least 4 members (excludes halogenated alkanes) is 10. The quantitative estimate of drug-likeness (QED) is 0.195. The van der Waals surface area contributed by atoms with Gasteiger partial charge in [-0.05, 0) is 43.0 Å². The number of benzene rings is 2. The fourth-order valence-electron chi connectivity index (χ4n) is 4.72. The van der Waals surface area contributed by atoms with Gasteiger partial charge in [0.15, 0.2) is 0 Å². The third-order valence-electron chi connectivity index (χ3n) is 6.76. The number of hydrogen-bond acceptors (Lipinski definition) is 3. The van der Waals surface area contributed by atoms with Gasteiger partial charge in [-0.2, -0.15) is 0 Å². The maximum Gasteiger partial charge on any atom is 0.224 e. The van der Waals surface area contributed by atoms with E-state index in [0.717, 1.165) is 48.9 Å². The highest BCUT2D eigenvalue weighted by molar-refractivity contribution is 5.93. The highest BCUT2D eigenvalue weighted by Crippen LogP contribution is 2.23. The fraction of sp³-hybridized carbons (Fsp3) is 0.533. The van der Waals surface area contributed by atoms with Gasteiger partial charge >= 0.3 is 0 Å². The van der Waals surface area contributed by atoms with E-state index >= 15 is 0 Å². The molecule has 0 aliphatic heterocycles. The highest BCUT2D eigenvalue weighted by atomic mass is 16.1. The van der Waals surface area contributed by atoms with Crippen molar-refractivity contribution in [2.45, 2.75) is 103 Å². The van der Waals surface area contributed by atoms with Gasteiger partial charge in [-0.1, -0.05) is 101 Å². The third kappa shape index (κ3) is 9.39. The molecule has 2 aromatic carbocycles. The summed E-state index contributed by atoms with van der Waals surface area (Å²) in [5, 5.41) is 3.03. The molecule has 1 heterocycles. The van der Waals surface area contributed by atoms with Crippen LogP contribution in [0.1, 0.15) is 96.0 Å². The van der Waals surface area contributed by atoms with Crippen LogP contribution in [0.4, 0.5) is 11.6 Å². The van der Waals surface area contributed by atoms with E-state index in [9.17, 15) is 4.79 Å². The maximum atomic E-state index is 12.4. The SMILES string of the molecule is CCCCCCCCCCCCCC(=O)Nc1ccc2c(c1)nc(N)n2CCCc1ccccc1. The van der Waals surface area contributed by atoms with Gasteiger partial charge in [0.1, 0.15) is 0 Å². The number of hydrogen-bond donors (Lipinski definition) is 2. The molecule has 35 heavy (non-hydrogen) atoms. The molecule has 0 saturated heterocycles. The van der Waals surface area contributed by atoms with Gasteiger partial charge in [0.25, 0.3) is 0 Å². The summed E-state index contributed by atoms with van der Waals surface area (Å²) in [4.78, 5) is 16.9. The van der Waals surface area contributed by atoms with Crippen LogP contribution in [0, 0.1) is 0 Å². The first-order chi connectivity index (χ1) is 17.2. The number of fused-ring (bicyclic) bond motifs is 1. The van der Waals surface area contributed by atoms with Crippen molar-refractivity contribution < 1.29 is 4.79 Å². The number of carbonyl (C=O) groups is 1. The Bertz CT molecular complexity index is 1010. The molecule has 0 bridgehead atoms. The average Bonchev–Trinajstić information content (AvgIpc) is 3.17. The summed E-state index contributed by atoms with van der Waals surface area (Å²) < 4.78 is 2.06. The first-order valence-electron chi connectivity index (χ1n) is 13.8. The van der Waals surface area contributed by atoms with Crippen molar-refractivity contribution in [3.05, 3.63) is 54.1 Å². The van der Waals surface area contributed by atoms with Crippen molar-refractivity contribution in [2.75, 3.05) is 11.1 Å². The zero-order valence-corrected chi connectivity index (χ0v) is 21.6. The van der Waals surface area contributed by atoms with Gasteiger partial charge < -0.3 is 15.6 Å². The van der Waals surface area contributed by atoms with E-state index < -0.39 is 0 Å². The smallest absolute Gasteiger partial charge is 0.224 e. The Labute approximate surface area is 211 Å². The molecule has 1 aromatic heterocycles. The molecule has 0 atom stereocenters. The predicted molar refractivity (Wildman–Crippen MR) is 149 cm³/mol. The van der Waals surface area contributed by atoms with Crippen molar-refractivity contribution >= 4 is 28.6 Å². The zero-order chi connectivity index (χ0) is 24.7. The van der Waals surface area contributed by atoms with Crippen molar-refractivity contribution in [3.63, 3.8) is 0 Å². The molecule has 0 radical (unpaired) electrons. The lowest BCUT2D eigenvalue weighted by Gasteiger charge is -2.08. The Morgan fingerprint density at radius 2 is 1.51 bits per heavy atom. The molecule has 0 aliphatic carbocycles. The van der Waals surface area contributed by atoms with E-state index in [1.807, 2.05) is 24.3 Å². The number of imidazole rings is 1. The number of nitrogens with one attached hydrogen (secondary N) is 1. The second-order valence-corrected chi connectivity index (χ2v) is 9.75. The first-order valence-corrected chi connectivity index (χ1v) is 13.8. The summed E-state index contributed by atoms with van der Waals surface area (Å²) in [7, 11) is 0. The van der Waals surface area contributed by atoms with E-state index in [-0.39, 0.29) is 5.91 Å².